The van der Waals surface area contributed by atoms with Crippen molar-refractivity contribution in [1.82, 2.24) is 20.5 Å². The van der Waals surface area contributed by atoms with Crippen LogP contribution in [0.3, 0.4) is 0 Å². The van der Waals surface area contributed by atoms with E-state index in [1.807, 2.05) is 6.92 Å². The molecule has 2 rings (SSSR count). The molecule has 7 heteroatoms. The number of hydrogen-bond acceptors (Lipinski definition) is 4. The van der Waals surface area contributed by atoms with Crippen molar-refractivity contribution in [3.63, 3.8) is 0 Å². The molecule has 1 aromatic rings. The molecule has 116 valence electrons. The van der Waals surface area contributed by atoms with Crippen LogP contribution in [-0.4, -0.2) is 48.4 Å². The van der Waals surface area contributed by atoms with Crippen molar-refractivity contribution in [3.8, 4) is 0 Å². The van der Waals surface area contributed by atoms with Crippen LogP contribution in [0.15, 0.2) is 4.99 Å². The molecule has 2 N–H and O–H groups in total. The molecule has 0 aliphatic heterocycles. The molecule has 0 aromatic carbocycles. The number of nitrogens with one attached hydrogen (secondary N) is 2. The van der Waals surface area contributed by atoms with Crippen LogP contribution >= 0.6 is 11.3 Å². The Hall–Kier alpha value is -1.63. The van der Waals surface area contributed by atoms with Gasteiger partial charge in [0.2, 0.25) is 5.91 Å². The highest BCUT2D eigenvalue weighted by Crippen LogP contribution is 2.19. The Labute approximate surface area is 129 Å². The maximum atomic E-state index is 11.6. The van der Waals surface area contributed by atoms with E-state index >= 15 is 0 Å². The quantitative estimate of drug-likeness (QED) is 0.630. The first kappa shape index (κ1) is 15.8. The van der Waals surface area contributed by atoms with Gasteiger partial charge in [-0.15, -0.1) is 11.3 Å². The Morgan fingerprint density at radius 1 is 1.43 bits per heavy atom. The number of carbonyl (C=O) groups is 1. The second-order valence-corrected chi connectivity index (χ2v) is 6.76. The van der Waals surface area contributed by atoms with E-state index in [4.69, 9.17) is 0 Å². The summed E-state index contributed by atoms with van der Waals surface area (Å²) in [6, 6.07) is 0.491. The zero-order valence-corrected chi connectivity index (χ0v) is 13.9. The van der Waals surface area contributed by atoms with E-state index in [2.05, 4.69) is 27.5 Å². The van der Waals surface area contributed by atoms with Gasteiger partial charge in [0.25, 0.3) is 0 Å². The monoisotopic (exact) mass is 309 g/mol. The number of carbonyl (C=O) groups excluding carboxylic acids is 1. The van der Waals surface area contributed by atoms with Gasteiger partial charge in [-0.3, -0.25) is 4.79 Å². The van der Waals surface area contributed by atoms with E-state index in [0.717, 1.165) is 23.5 Å². The summed E-state index contributed by atoms with van der Waals surface area (Å²) < 4.78 is 0. The standard InChI is InChI=1S/C14H23N5OS/c1-9-10(2)21-12(17-9)7-15-14(18-11-5-6-11)16-8-13(20)19(3)4/h11H,5-8H2,1-4H3,(H2,15,16,18). The Bertz CT molecular complexity index is 514. The minimum Gasteiger partial charge on any atom is -0.354 e. The van der Waals surface area contributed by atoms with Gasteiger partial charge >= 0.3 is 0 Å². The average Bonchev–Trinajstić information content (AvgIpc) is 3.18. The van der Waals surface area contributed by atoms with E-state index < -0.39 is 0 Å². The van der Waals surface area contributed by atoms with E-state index in [1.165, 1.54) is 4.88 Å². The van der Waals surface area contributed by atoms with Gasteiger partial charge in [0.05, 0.1) is 12.2 Å². The number of guanidine groups is 1. The molecule has 1 aliphatic rings. The molecular formula is C14H23N5OS. The normalized spacial score (nSPS) is 15.0. The summed E-state index contributed by atoms with van der Waals surface area (Å²) in [7, 11) is 3.47. The van der Waals surface area contributed by atoms with Crippen molar-refractivity contribution >= 4 is 23.2 Å². The number of likely N-dealkylation sites (N-methyl/N-ethyl adjacent to an activating group) is 1. The van der Waals surface area contributed by atoms with Crippen molar-refractivity contribution in [2.75, 3.05) is 20.6 Å². The summed E-state index contributed by atoms with van der Waals surface area (Å²) in [6.07, 6.45) is 2.33. The smallest absolute Gasteiger partial charge is 0.243 e. The Morgan fingerprint density at radius 3 is 2.67 bits per heavy atom. The maximum absolute atomic E-state index is 11.6. The predicted molar refractivity (Wildman–Crippen MR) is 85.6 cm³/mol. The van der Waals surface area contributed by atoms with E-state index in [0.29, 0.717) is 18.5 Å². The SMILES string of the molecule is Cc1nc(CNC(=NCC(=O)N(C)C)NC2CC2)sc1C. The van der Waals surface area contributed by atoms with Crippen molar-refractivity contribution in [3.05, 3.63) is 15.6 Å². The number of aromatic nitrogens is 1. The molecule has 0 bridgehead atoms. The Balaban J connectivity index is 1.92. The minimum absolute atomic E-state index is 0.00663. The summed E-state index contributed by atoms with van der Waals surface area (Å²) in [5.41, 5.74) is 1.08. The van der Waals surface area contributed by atoms with Crippen molar-refractivity contribution < 1.29 is 4.79 Å². The highest BCUT2D eigenvalue weighted by atomic mass is 32.1. The average molecular weight is 309 g/mol. The van der Waals surface area contributed by atoms with Gasteiger partial charge in [-0.2, -0.15) is 0 Å². The molecular weight excluding hydrogens is 286 g/mol. The predicted octanol–water partition coefficient (Wildman–Crippen LogP) is 1.05. The molecule has 1 aromatic heterocycles. The highest BCUT2D eigenvalue weighted by Gasteiger charge is 2.22. The van der Waals surface area contributed by atoms with E-state index in [-0.39, 0.29) is 12.5 Å². The molecule has 6 nitrogen and oxygen atoms in total. The number of aryl methyl sites for hydroxylation is 2. The van der Waals surface area contributed by atoms with Crippen LogP contribution in [0.1, 0.15) is 28.4 Å². The Morgan fingerprint density at radius 2 is 2.14 bits per heavy atom. The first-order valence-corrected chi connectivity index (χ1v) is 7.95. The fourth-order valence-electron chi connectivity index (χ4n) is 1.64. The highest BCUT2D eigenvalue weighted by molar-refractivity contribution is 7.11. The first-order valence-electron chi connectivity index (χ1n) is 7.13. The lowest BCUT2D eigenvalue weighted by Gasteiger charge is -2.12. The third-order valence-electron chi connectivity index (χ3n) is 3.27. The van der Waals surface area contributed by atoms with Crippen molar-refractivity contribution in [2.45, 2.75) is 39.3 Å². The summed E-state index contributed by atoms with van der Waals surface area (Å²) in [6.45, 7) is 4.88. The van der Waals surface area contributed by atoms with Crippen LogP contribution in [0.25, 0.3) is 0 Å². The summed E-state index contributed by atoms with van der Waals surface area (Å²) >= 11 is 1.69. The molecule has 0 radical (unpaired) electrons. The molecule has 0 atom stereocenters. The van der Waals surface area contributed by atoms with Gasteiger partial charge < -0.3 is 15.5 Å². The van der Waals surface area contributed by atoms with Crippen LogP contribution in [0, 0.1) is 13.8 Å². The van der Waals surface area contributed by atoms with Gasteiger partial charge in [-0.05, 0) is 26.7 Å². The van der Waals surface area contributed by atoms with E-state index in [1.54, 1.807) is 30.3 Å². The summed E-state index contributed by atoms with van der Waals surface area (Å²) in [5.74, 6) is 0.686. The Kier molecular flexibility index (Phi) is 5.17. The lowest BCUT2D eigenvalue weighted by atomic mass is 10.4. The van der Waals surface area contributed by atoms with Gasteiger partial charge in [0.1, 0.15) is 11.6 Å². The molecule has 21 heavy (non-hydrogen) atoms. The second kappa shape index (κ2) is 6.89. The maximum Gasteiger partial charge on any atom is 0.243 e. The van der Waals surface area contributed by atoms with Gasteiger partial charge in [-0.25, -0.2) is 9.98 Å². The molecule has 1 aliphatic carbocycles. The fraction of sp³-hybridized carbons (Fsp3) is 0.643. The van der Waals surface area contributed by atoms with Gasteiger partial charge in [0, 0.05) is 25.0 Å². The number of thiazole rings is 1. The van der Waals surface area contributed by atoms with Crippen molar-refractivity contribution in [1.29, 1.82) is 0 Å². The third kappa shape index (κ3) is 5.00. The van der Waals surface area contributed by atoms with Gasteiger partial charge in [0.15, 0.2) is 5.96 Å². The molecule has 1 fully saturated rings. The number of aliphatic imine (C=N–C) groups is 1. The van der Waals surface area contributed by atoms with Gasteiger partial charge in [-0.1, -0.05) is 0 Å². The lowest BCUT2D eigenvalue weighted by molar-refractivity contribution is -0.127. The lowest BCUT2D eigenvalue weighted by Crippen LogP contribution is -2.39. The van der Waals surface area contributed by atoms with Crippen LogP contribution in [0.2, 0.25) is 0 Å². The zero-order chi connectivity index (χ0) is 15.4. The topological polar surface area (TPSA) is 69.6 Å². The minimum atomic E-state index is -0.00663. The number of nitrogens with zero attached hydrogens (tertiary/aromatic N) is 3. The third-order valence-corrected chi connectivity index (χ3v) is 4.34. The van der Waals surface area contributed by atoms with Crippen LogP contribution < -0.4 is 10.6 Å². The van der Waals surface area contributed by atoms with Crippen molar-refractivity contribution in [2.24, 2.45) is 4.99 Å². The fourth-order valence-corrected chi connectivity index (χ4v) is 2.51. The summed E-state index contributed by atoms with van der Waals surface area (Å²) in [5, 5.41) is 7.62. The largest absolute Gasteiger partial charge is 0.354 e. The number of amides is 1. The van der Waals surface area contributed by atoms with Crippen LogP contribution in [-0.2, 0) is 11.3 Å². The molecule has 0 saturated heterocycles. The van der Waals surface area contributed by atoms with Crippen LogP contribution in [0.5, 0.6) is 0 Å². The molecule has 1 amide bonds. The molecule has 1 heterocycles. The molecule has 0 spiro atoms. The zero-order valence-electron chi connectivity index (χ0n) is 13.1. The summed E-state index contributed by atoms with van der Waals surface area (Å²) in [4.78, 5) is 23.3. The number of rotatable bonds is 5. The molecule has 0 unspecified atom stereocenters. The second-order valence-electron chi connectivity index (χ2n) is 5.47. The first-order chi connectivity index (χ1) is 9.95. The van der Waals surface area contributed by atoms with E-state index in [9.17, 15) is 4.79 Å². The molecule has 1 saturated carbocycles. The number of hydrogen-bond donors (Lipinski definition) is 2. The van der Waals surface area contributed by atoms with Crippen LogP contribution in [0.4, 0.5) is 0 Å².